The number of thiazole rings is 1. The number of aromatic carboxylic acids is 1. The van der Waals surface area contributed by atoms with Crippen molar-refractivity contribution in [3.8, 4) is 22.3 Å². The second kappa shape index (κ2) is 11.9. The number of nitrogens with one attached hydrogen (secondary N) is 1. The molecule has 15 heteroatoms. The van der Waals surface area contributed by atoms with Crippen LogP contribution in [0.25, 0.3) is 0 Å². The highest BCUT2D eigenvalue weighted by molar-refractivity contribution is 7.92. The molecular formula is C28H21F3N2O8S2. The molecule has 0 saturated heterocycles. The van der Waals surface area contributed by atoms with Crippen LogP contribution in [-0.4, -0.2) is 42.0 Å². The zero-order chi connectivity index (χ0) is 30.8. The molecule has 1 saturated carbocycles. The number of carbonyl (C=O) groups excluding carboxylic acids is 1. The molecule has 224 valence electrons. The number of hydrogen-bond acceptors (Lipinski definition) is 9. The number of amides is 1. The minimum Gasteiger partial charge on any atom is -0.478 e. The summed E-state index contributed by atoms with van der Waals surface area (Å²) in [4.78, 5) is 28.6. The van der Waals surface area contributed by atoms with Crippen LogP contribution in [0.2, 0.25) is 0 Å². The molecule has 1 unspecified atom stereocenters. The molecule has 0 aliphatic heterocycles. The summed E-state index contributed by atoms with van der Waals surface area (Å²) in [6, 6.07) is 15.7. The van der Waals surface area contributed by atoms with Gasteiger partial charge in [0.15, 0.2) is 15.0 Å². The van der Waals surface area contributed by atoms with Crippen molar-refractivity contribution in [2.24, 2.45) is 0 Å². The number of aromatic nitrogens is 1. The Balaban J connectivity index is 1.34. The molecule has 0 radical (unpaired) electrons. The van der Waals surface area contributed by atoms with Gasteiger partial charge >= 0.3 is 12.3 Å². The van der Waals surface area contributed by atoms with Crippen molar-refractivity contribution < 1.29 is 50.5 Å². The highest BCUT2D eigenvalue weighted by Crippen LogP contribution is 2.35. The molecule has 4 aromatic rings. The van der Waals surface area contributed by atoms with Crippen molar-refractivity contribution in [1.82, 2.24) is 4.98 Å². The predicted octanol–water partition coefficient (Wildman–Crippen LogP) is 6.23. The average Bonchev–Trinajstić information content (AvgIpc) is 3.74. The molecule has 1 aliphatic rings. The summed E-state index contributed by atoms with van der Waals surface area (Å²) in [5, 5.41) is 11.6. The number of anilines is 1. The van der Waals surface area contributed by atoms with Crippen molar-refractivity contribution in [2.45, 2.75) is 35.5 Å². The monoisotopic (exact) mass is 634 g/mol. The van der Waals surface area contributed by atoms with E-state index in [9.17, 15) is 31.2 Å². The molecule has 43 heavy (non-hydrogen) atoms. The van der Waals surface area contributed by atoms with E-state index in [2.05, 4.69) is 15.0 Å². The number of carboxylic acids is 1. The van der Waals surface area contributed by atoms with Crippen molar-refractivity contribution in [2.75, 3.05) is 5.32 Å². The maximum absolute atomic E-state index is 13.4. The van der Waals surface area contributed by atoms with Crippen LogP contribution in [0.5, 0.6) is 22.3 Å². The Morgan fingerprint density at radius 1 is 0.930 bits per heavy atom. The Bertz CT molecular complexity index is 1720. The zero-order valence-electron chi connectivity index (χ0n) is 21.8. The normalized spacial score (nSPS) is 14.0. The van der Waals surface area contributed by atoms with E-state index in [1.165, 1.54) is 66.9 Å². The first-order valence-corrected chi connectivity index (χ1v) is 14.9. The Morgan fingerprint density at radius 2 is 1.53 bits per heavy atom. The molecule has 1 atom stereocenters. The van der Waals surface area contributed by atoms with E-state index >= 15 is 0 Å². The van der Waals surface area contributed by atoms with Crippen LogP contribution in [0.4, 0.5) is 18.3 Å². The summed E-state index contributed by atoms with van der Waals surface area (Å²) in [6.07, 6.45) is -3.73. The molecule has 1 heterocycles. The highest BCUT2D eigenvalue weighted by Gasteiger charge is 2.37. The van der Waals surface area contributed by atoms with Crippen molar-refractivity contribution in [3.63, 3.8) is 0 Å². The second-order valence-electron chi connectivity index (χ2n) is 9.24. The van der Waals surface area contributed by atoms with Crippen LogP contribution >= 0.6 is 11.3 Å². The lowest BCUT2D eigenvalue weighted by atomic mass is 10.1. The summed E-state index contributed by atoms with van der Waals surface area (Å²) in [6.45, 7) is 0. The third kappa shape index (κ3) is 7.61. The van der Waals surface area contributed by atoms with Gasteiger partial charge in [0.25, 0.3) is 5.91 Å². The fraction of sp³-hybridized carbons (Fsp3) is 0.179. The molecule has 10 nitrogen and oxygen atoms in total. The van der Waals surface area contributed by atoms with Gasteiger partial charge in [-0.25, -0.2) is 18.2 Å². The minimum absolute atomic E-state index is 0.0392. The van der Waals surface area contributed by atoms with Gasteiger partial charge in [0.1, 0.15) is 17.2 Å². The topological polar surface area (TPSA) is 141 Å². The quantitative estimate of drug-likeness (QED) is 0.197. The molecule has 5 rings (SSSR count). The summed E-state index contributed by atoms with van der Waals surface area (Å²) in [7, 11) is -3.48. The van der Waals surface area contributed by atoms with Gasteiger partial charge in [0, 0.05) is 5.56 Å². The van der Waals surface area contributed by atoms with Crippen molar-refractivity contribution in [1.29, 1.82) is 0 Å². The summed E-state index contributed by atoms with van der Waals surface area (Å²) in [5.41, 5.74) is 0.353. The van der Waals surface area contributed by atoms with Gasteiger partial charge in [-0.1, -0.05) is 23.5 Å². The molecule has 0 spiro atoms. The Morgan fingerprint density at radius 3 is 2.12 bits per heavy atom. The number of carbonyl (C=O) groups is 2. The summed E-state index contributed by atoms with van der Waals surface area (Å²) >= 11 is 0.969. The number of hydrogen-bond donors (Lipinski definition) is 2. The van der Waals surface area contributed by atoms with Crippen LogP contribution in [0.15, 0.2) is 83.9 Å². The van der Waals surface area contributed by atoms with E-state index in [0.29, 0.717) is 18.6 Å². The van der Waals surface area contributed by atoms with Crippen molar-refractivity contribution >= 4 is 38.2 Å². The number of nitrogens with zero attached hydrogens (tertiary/aromatic N) is 1. The van der Waals surface area contributed by atoms with Gasteiger partial charge in [0.05, 0.1) is 21.9 Å². The summed E-state index contributed by atoms with van der Waals surface area (Å²) < 4.78 is 78.2. The lowest BCUT2D eigenvalue weighted by Crippen LogP contribution is -2.25. The van der Waals surface area contributed by atoms with Crippen LogP contribution in [-0.2, 0) is 14.6 Å². The van der Waals surface area contributed by atoms with Gasteiger partial charge in [-0.05, 0) is 73.5 Å². The molecule has 0 bridgehead atoms. The lowest BCUT2D eigenvalue weighted by molar-refractivity contribution is -0.274. The molecule has 1 amide bonds. The summed E-state index contributed by atoms with van der Waals surface area (Å²) in [5.74, 6) is -1.90. The minimum atomic E-state index is -4.88. The average molecular weight is 635 g/mol. The SMILES string of the molecule is O=C(O)c1ccc(Oc2cnc(NC(=O)C(Oc3ccc(OC(F)(F)F)cc3)c3ccc(S(=O)(=O)C4CC4)cc3)s2)cc1. The van der Waals surface area contributed by atoms with E-state index in [1.807, 2.05) is 0 Å². The van der Waals surface area contributed by atoms with Crippen LogP contribution in [0.3, 0.4) is 0 Å². The third-order valence-electron chi connectivity index (χ3n) is 6.06. The predicted molar refractivity (Wildman–Crippen MR) is 147 cm³/mol. The van der Waals surface area contributed by atoms with Gasteiger partial charge < -0.3 is 19.3 Å². The fourth-order valence-corrected chi connectivity index (χ4v) is 6.20. The lowest BCUT2D eigenvalue weighted by Gasteiger charge is -2.19. The molecule has 3 aromatic carbocycles. The maximum atomic E-state index is 13.4. The highest BCUT2D eigenvalue weighted by atomic mass is 32.2. The van der Waals surface area contributed by atoms with E-state index in [0.717, 1.165) is 23.5 Å². The van der Waals surface area contributed by atoms with E-state index in [1.54, 1.807) is 0 Å². The molecule has 1 aromatic heterocycles. The van der Waals surface area contributed by atoms with E-state index in [-0.39, 0.29) is 32.0 Å². The van der Waals surface area contributed by atoms with Crippen LogP contribution in [0, 0.1) is 0 Å². The fourth-order valence-electron chi connectivity index (χ4n) is 3.85. The number of carboxylic acid groups (broad SMARTS) is 1. The largest absolute Gasteiger partial charge is 0.573 e. The number of sulfone groups is 1. The number of ether oxygens (including phenoxy) is 3. The van der Waals surface area contributed by atoms with Gasteiger partial charge in [-0.2, -0.15) is 0 Å². The molecule has 2 N–H and O–H groups in total. The Hall–Kier alpha value is -4.63. The van der Waals surface area contributed by atoms with Gasteiger partial charge in [0.2, 0.25) is 11.2 Å². The standard InChI is InChI=1S/C28H21F3N2O8S2/c29-28(30,31)41-20-9-7-19(8-10-20)40-24(16-3-11-21(12-4-16)43(37,38)22-13-14-22)25(34)33-27-32-15-23(42-27)39-18-5-1-17(2-6-18)26(35)36/h1-12,15,22,24H,13-14H2,(H,35,36)(H,32,33,34). The van der Waals surface area contributed by atoms with E-state index in [4.69, 9.17) is 14.6 Å². The van der Waals surface area contributed by atoms with Gasteiger partial charge in [-0.3, -0.25) is 10.1 Å². The first kappa shape index (κ1) is 29.8. The third-order valence-corrected chi connectivity index (χ3v) is 9.13. The molecular weight excluding hydrogens is 613 g/mol. The van der Waals surface area contributed by atoms with Crippen LogP contribution in [0.1, 0.15) is 34.9 Å². The first-order valence-electron chi connectivity index (χ1n) is 12.5. The smallest absolute Gasteiger partial charge is 0.478 e. The zero-order valence-corrected chi connectivity index (χ0v) is 23.4. The Labute approximate surface area is 246 Å². The van der Waals surface area contributed by atoms with Gasteiger partial charge in [-0.15, -0.1) is 13.2 Å². The number of halogens is 3. The van der Waals surface area contributed by atoms with E-state index < -0.39 is 45.2 Å². The number of alkyl halides is 3. The van der Waals surface area contributed by atoms with Crippen LogP contribution < -0.4 is 19.5 Å². The molecule has 1 aliphatic carbocycles. The number of rotatable bonds is 11. The number of benzene rings is 3. The molecule has 1 fully saturated rings. The Kier molecular flexibility index (Phi) is 8.28. The second-order valence-corrected chi connectivity index (χ2v) is 12.5. The van der Waals surface area contributed by atoms with Crippen molar-refractivity contribution in [3.05, 3.63) is 90.1 Å². The first-order chi connectivity index (χ1) is 20.4. The maximum Gasteiger partial charge on any atom is 0.573 e.